The van der Waals surface area contributed by atoms with Gasteiger partial charge in [-0.15, -0.1) is 0 Å². The van der Waals surface area contributed by atoms with Crippen molar-refractivity contribution in [2.24, 2.45) is 0 Å². The maximum absolute atomic E-state index is 8.48. The van der Waals surface area contributed by atoms with Gasteiger partial charge in [-0.05, 0) is 28.1 Å². The minimum atomic E-state index is -1.52. The first-order valence-electron chi connectivity index (χ1n) is 2.31. The van der Waals surface area contributed by atoms with E-state index in [0.717, 1.165) is 0 Å². The Morgan fingerprint density at radius 2 is 2.11 bits per heavy atom. The average Bonchev–Trinajstić information content (AvgIpc) is 2.14. The summed E-state index contributed by atoms with van der Waals surface area (Å²) in [5, 5.41) is 17.0. The maximum Gasteiger partial charge on any atom is 0.526 e. The van der Waals surface area contributed by atoms with Gasteiger partial charge in [0.15, 0.2) is 4.67 Å². The Hall–Kier alpha value is -0.255. The molecule has 0 atom stereocenters. The molecule has 1 heterocycles. The predicted molar refractivity (Wildman–Crippen MR) is 36.2 cm³/mol. The molecule has 0 aromatic carbocycles. The molecule has 0 aliphatic carbocycles. The number of rotatable bonds is 1. The van der Waals surface area contributed by atoms with E-state index in [4.69, 9.17) is 14.5 Å². The maximum atomic E-state index is 8.48. The molecule has 1 rings (SSSR count). The van der Waals surface area contributed by atoms with Gasteiger partial charge in [-0.3, -0.25) is 0 Å². The summed E-state index contributed by atoms with van der Waals surface area (Å²) in [5.41, 5.74) is 0.141. The van der Waals surface area contributed by atoms with Gasteiger partial charge >= 0.3 is 7.12 Å². The van der Waals surface area contributed by atoms with Crippen LogP contribution in [0, 0.1) is 0 Å². The van der Waals surface area contributed by atoms with Crippen molar-refractivity contribution in [2.75, 3.05) is 0 Å². The summed E-state index contributed by atoms with van der Waals surface area (Å²) >= 11 is 3.01. The van der Waals surface area contributed by atoms with E-state index in [0.29, 0.717) is 4.67 Å². The molecule has 0 saturated carbocycles. The zero-order valence-corrected chi connectivity index (χ0v) is 6.00. The molecule has 0 spiro atoms. The summed E-state index contributed by atoms with van der Waals surface area (Å²) in [5.74, 6) is 0. The van der Waals surface area contributed by atoms with E-state index in [1.54, 1.807) is 6.07 Å². The summed E-state index contributed by atoms with van der Waals surface area (Å²) in [6.07, 6.45) is 0. The van der Waals surface area contributed by atoms with Crippen molar-refractivity contribution in [2.45, 2.75) is 0 Å². The Bertz CT molecular complexity index is 197. The Morgan fingerprint density at radius 1 is 1.44 bits per heavy atom. The van der Waals surface area contributed by atoms with Crippen LogP contribution in [0.15, 0.2) is 21.2 Å². The Morgan fingerprint density at radius 3 is 2.33 bits per heavy atom. The van der Waals surface area contributed by atoms with E-state index < -0.39 is 7.12 Å². The molecule has 9 heavy (non-hydrogen) atoms. The van der Waals surface area contributed by atoms with Crippen LogP contribution < -0.4 is 5.66 Å². The van der Waals surface area contributed by atoms with E-state index in [-0.39, 0.29) is 5.66 Å². The van der Waals surface area contributed by atoms with Crippen molar-refractivity contribution in [3.8, 4) is 0 Å². The fourth-order valence-corrected chi connectivity index (χ4v) is 0.786. The second-order valence-electron chi connectivity index (χ2n) is 1.52. The van der Waals surface area contributed by atoms with Crippen LogP contribution in [0.3, 0.4) is 0 Å². The molecule has 1 aromatic rings. The van der Waals surface area contributed by atoms with Crippen molar-refractivity contribution in [1.29, 1.82) is 0 Å². The highest BCUT2D eigenvalue weighted by atomic mass is 79.9. The standard InChI is InChI=1S/C4H4BBrO3/c6-4-2-1-3(9-4)5(7)8/h1-2,7-8H. The third-order valence-electron chi connectivity index (χ3n) is 0.848. The Kier molecular flexibility index (Phi) is 1.95. The zero-order chi connectivity index (χ0) is 6.85. The van der Waals surface area contributed by atoms with Gasteiger partial charge in [0.05, 0.1) is 0 Å². The SMILES string of the molecule is OB(O)c1ccc(Br)o1. The van der Waals surface area contributed by atoms with Crippen LogP contribution in [0.25, 0.3) is 0 Å². The molecule has 1 aromatic heterocycles. The van der Waals surface area contributed by atoms with Crippen molar-refractivity contribution in [3.63, 3.8) is 0 Å². The second-order valence-corrected chi connectivity index (χ2v) is 2.30. The molecule has 0 amide bonds. The Balaban J connectivity index is 2.85. The van der Waals surface area contributed by atoms with Gasteiger partial charge in [-0.2, -0.15) is 0 Å². The lowest BCUT2D eigenvalue weighted by molar-refractivity contribution is 0.407. The largest absolute Gasteiger partial charge is 0.526 e. The lowest BCUT2D eigenvalue weighted by Crippen LogP contribution is -2.27. The first kappa shape index (κ1) is 6.86. The molecule has 0 radical (unpaired) electrons. The lowest BCUT2D eigenvalue weighted by atomic mass is 9.88. The van der Waals surface area contributed by atoms with Crippen LogP contribution in [0.4, 0.5) is 0 Å². The van der Waals surface area contributed by atoms with Crippen LogP contribution in [0.1, 0.15) is 0 Å². The highest BCUT2D eigenvalue weighted by molar-refractivity contribution is 9.10. The van der Waals surface area contributed by atoms with Gasteiger partial charge in [-0.25, -0.2) is 0 Å². The first-order valence-corrected chi connectivity index (χ1v) is 3.11. The molecule has 0 saturated heterocycles. The van der Waals surface area contributed by atoms with Gasteiger partial charge in [0.2, 0.25) is 0 Å². The summed E-state index contributed by atoms with van der Waals surface area (Å²) < 4.78 is 5.25. The van der Waals surface area contributed by atoms with Crippen molar-refractivity contribution in [3.05, 3.63) is 16.8 Å². The first-order chi connectivity index (χ1) is 4.20. The van der Waals surface area contributed by atoms with E-state index in [9.17, 15) is 0 Å². The van der Waals surface area contributed by atoms with Gasteiger partial charge in [0, 0.05) is 0 Å². The van der Waals surface area contributed by atoms with Crippen LogP contribution in [-0.2, 0) is 0 Å². The molecule has 0 bridgehead atoms. The van der Waals surface area contributed by atoms with Crippen LogP contribution in [-0.4, -0.2) is 17.2 Å². The lowest BCUT2D eigenvalue weighted by Gasteiger charge is -1.88. The smallest absolute Gasteiger partial charge is 0.458 e. The van der Waals surface area contributed by atoms with Crippen LogP contribution >= 0.6 is 15.9 Å². The van der Waals surface area contributed by atoms with E-state index >= 15 is 0 Å². The summed E-state index contributed by atoms with van der Waals surface area (Å²) in [6, 6.07) is 3.07. The molecule has 5 heteroatoms. The fraction of sp³-hybridized carbons (Fsp3) is 0. The molecule has 3 nitrogen and oxygen atoms in total. The minimum Gasteiger partial charge on any atom is -0.458 e. The fourth-order valence-electron chi connectivity index (χ4n) is 0.467. The van der Waals surface area contributed by atoms with E-state index in [1.807, 2.05) is 0 Å². The number of hydrogen-bond donors (Lipinski definition) is 2. The molecule has 2 N–H and O–H groups in total. The molecular formula is C4H4BBrO3. The predicted octanol–water partition coefficient (Wildman–Crippen LogP) is -0.278. The molecule has 0 fully saturated rings. The van der Waals surface area contributed by atoms with Gasteiger partial charge in [0.25, 0.3) is 0 Å². The minimum absolute atomic E-state index is 0.141. The molecule has 0 aliphatic heterocycles. The van der Waals surface area contributed by atoms with E-state index in [1.165, 1.54) is 6.07 Å². The van der Waals surface area contributed by atoms with Crippen LogP contribution in [0.2, 0.25) is 0 Å². The molecule has 0 aliphatic rings. The van der Waals surface area contributed by atoms with E-state index in [2.05, 4.69) is 15.9 Å². The van der Waals surface area contributed by atoms with Gasteiger partial charge < -0.3 is 14.5 Å². The Labute approximate surface area is 60.6 Å². The van der Waals surface area contributed by atoms with Gasteiger partial charge in [0.1, 0.15) is 5.66 Å². The highest BCUT2D eigenvalue weighted by Crippen LogP contribution is 2.06. The normalized spacial score (nSPS) is 9.67. The molecule has 0 unspecified atom stereocenters. The second kappa shape index (κ2) is 2.55. The van der Waals surface area contributed by atoms with Crippen LogP contribution in [0.5, 0.6) is 0 Å². The average molecular weight is 191 g/mol. The zero-order valence-electron chi connectivity index (χ0n) is 4.41. The quantitative estimate of drug-likeness (QED) is 0.600. The monoisotopic (exact) mass is 190 g/mol. The highest BCUT2D eigenvalue weighted by Gasteiger charge is 2.14. The molecular weight excluding hydrogens is 187 g/mol. The summed E-state index contributed by atoms with van der Waals surface area (Å²) in [4.78, 5) is 0. The number of hydrogen-bond acceptors (Lipinski definition) is 3. The third-order valence-corrected chi connectivity index (χ3v) is 1.27. The van der Waals surface area contributed by atoms with Gasteiger partial charge in [-0.1, -0.05) is 0 Å². The molecule has 48 valence electrons. The third kappa shape index (κ3) is 1.57. The summed E-state index contributed by atoms with van der Waals surface area (Å²) in [7, 11) is -1.52. The summed E-state index contributed by atoms with van der Waals surface area (Å²) in [6.45, 7) is 0. The van der Waals surface area contributed by atoms with Crippen molar-refractivity contribution < 1.29 is 14.5 Å². The number of halogens is 1. The number of furan rings is 1. The topological polar surface area (TPSA) is 53.6 Å². The van der Waals surface area contributed by atoms with Crippen molar-refractivity contribution in [1.82, 2.24) is 0 Å². The van der Waals surface area contributed by atoms with Crippen molar-refractivity contribution >= 4 is 28.7 Å².